The maximum atomic E-state index is 12.2. The first-order chi connectivity index (χ1) is 9.60. The molecule has 0 radical (unpaired) electrons. The minimum atomic E-state index is -0.215. The van der Waals surface area contributed by atoms with E-state index in [1.54, 1.807) is 24.1 Å². The minimum Gasteiger partial charge on any atom is -0.466 e. The van der Waals surface area contributed by atoms with E-state index < -0.39 is 0 Å². The zero-order chi connectivity index (χ0) is 14.5. The molecule has 20 heavy (non-hydrogen) atoms. The van der Waals surface area contributed by atoms with Crippen molar-refractivity contribution in [3.05, 3.63) is 12.3 Å². The normalized spacial score (nSPS) is 18.9. The van der Waals surface area contributed by atoms with Gasteiger partial charge in [0, 0.05) is 19.3 Å². The zero-order valence-corrected chi connectivity index (χ0v) is 11.6. The van der Waals surface area contributed by atoms with Gasteiger partial charge in [-0.3, -0.25) is 14.3 Å². The number of anilines is 1. The summed E-state index contributed by atoms with van der Waals surface area (Å²) in [5, 5.41) is 3.98. The topological polar surface area (TPSA) is 90.5 Å². The summed E-state index contributed by atoms with van der Waals surface area (Å²) in [6, 6.07) is 1.64. The van der Waals surface area contributed by atoms with Gasteiger partial charge in [0.25, 0.3) is 0 Å². The van der Waals surface area contributed by atoms with E-state index in [-0.39, 0.29) is 24.3 Å². The second-order valence-electron chi connectivity index (χ2n) is 4.87. The Morgan fingerprint density at radius 2 is 2.35 bits per heavy atom. The Balaban J connectivity index is 1.91. The van der Waals surface area contributed by atoms with Gasteiger partial charge in [-0.15, -0.1) is 0 Å². The molecule has 110 valence electrons. The Bertz CT molecular complexity index is 486. The van der Waals surface area contributed by atoms with Gasteiger partial charge in [-0.1, -0.05) is 0 Å². The van der Waals surface area contributed by atoms with E-state index in [0.717, 1.165) is 12.8 Å². The molecule has 1 aromatic rings. The van der Waals surface area contributed by atoms with Crippen molar-refractivity contribution in [2.75, 3.05) is 25.4 Å². The molecule has 0 bridgehead atoms. The van der Waals surface area contributed by atoms with Crippen molar-refractivity contribution in [1.29, 1.82) is 0 Å². The molecular weight excluding hydrogens is 260 g/mol. The second kappa shape index (κ2) is 6.40. The van der Waals surface area contributed by atoms with E-state index in [9.17, 15) is 9.59 Å². The van der Waals surface area contributed by atoms with Crippen LogP contribution in [0.4, 0.5) is 5.82 Å². The number of piperidine rings is 1. The summed E-state index contributed by atoms with van der Waals surface area (Å²) in [4.78, 5) is 25.6. The van der Waals surface area contributed by atoms with Crippen LogP contribution in [0.2, 0.25) is 0 Å². The summed E-state index contributed by atoms with van der Waals surface area (Å²) in [6.07, 6.45) is 3.26. The number of esters is 1. The average Bonchev–Trinajstić information content (AvgIpc) is 2.84. The van der Waals surface area contributed by atoms with Crippen molar-refractivity contribution in [1.82, 2.24) is 14.7 Å². The summed E-state index contributed by atoms with van der Waals surface area (Å²) < 4.78 is 6.53. The lowest BCUT2D eigenvalue weighted by Gasteiger charge is -2.31. The summed E-state index contributed by atoms with van der Waals surface area (Å²) in [6.45, 7) is 3.40. The van der Waals surface area contributed by atoms with Gasteiger partial charge in [0.15, 0.2) is 0 Å². The number of likely N-dealkylation sites (tertiary alicyclic amines) is 1. The minimum absolute atomic E-state index is 0.0536. The molecule has 0 spiro atoms. The first-order valence-corrected chi connectivity index (χ1v) is 6.83. The molecule has 1 aliphatic rings. The smallest absolute Gasteiger partial charge is 0.310 e. The molecule has 0 saturated carbocycles. The molecule has 1 aromatic heterocycles. The predicted octanol–water partition coefficient (Wildman–Crippen LogP) is 0.267. The Morgan fingerprint density at radius 3 is 3.00 bits per heavy atom. The first-order valence-electron chi connectivity index (χ1n) is 6.83. The fourth-order valence-electron chi connectivity index (χ4n) is 2.36. The van der Waals surface area contributed by atoms with E-state index in [1.165, 1.54) is 4.68 Å². The summed E-state index contributed by atoms with van der Waals surface area (Å²) in [5.74, 6) is -0.0911. The molecule has 1 unspecified atom stereocenters. The standard InChI is InChI=1S/C13H20N4O3/c1-2-20-13(19)10-4-3-6-16(8-10)12(18)9-17-7-5-11(14)15-17/h5,7,10H,2-4,6,8-9H2,1H3,(H2,14,15). The molecule has 0 aliphatic carbocycles. The van der Waals surface area contributed by atoms with Gasteiger partial charge in [-0.2, -0.15) is 5.10 Å². The Kier molecular flexibility index (Phi) is 4.60. The number of aromatic nitrogens is 2. The molecule has 7 heteroatoms. The molecule has 2 heterocycles. The van der Waals surface area contributed by atoms with Gasteiger partial charge < -0.3 is 15.4 Å². The summed E-state index contributed by atoms with van der Waals surface area (Å²) in [5.41, 5.74) is 5.51. The van der Waals surface area contributed by atoms with E-state index in [2.05, 4.69) is 5.10 Å². The van der Waals surface area contributed by atoms with Gasteiger partial charge in [-0.25, -0.2) is 0 Å². The third-order valence-corrected chi connectivity index (χ3v) is 3.35. The molecule has 7 nitrogen and oxygen atoms in total. The second-order valence-corrected chi connectivity index (χ2v) is 4.87. The third-order valence-electron chi connectivity index (χ3n) is 3.35. The number of hydrogen-bond donors (Lipinski definition) is 1. The van der Waals surface area contributed by atoms with E-state index in [1.807, 2.05) is 0 Å². The number of carbonyl (C=O) groups is 2. The largest absolute Gasteiger partial charge is 0.466 e. The highest BCUT2D eigenvalue weighted by atomic mass is 16.5. The molecule has 2 rings (SSSR count). The highest BCUT2D eigenvalue weighted by molar-refractivity contribution is 5.78. The molecule has 1 atom stereocenters. The molecule has 0 aromatic carbocycles. The van der Waals surface area contributed by atoms with Gasteiger partial charge >= 0.3 is 5.97 Å². The van der Waals surface area contributed by atoms with Crippen molar-refractivity contribution >= 4 is 17.7 Å². The van der Waals surface area contributed by atoms with Crippen LogP contribution in [0, 0.1) is 5.92 Å². The molecule has 1 aliphatic heterocycles. The van der Waals surface area contributed by atoms with Crippen LogP contribution >= 0.6 is 0 Å². The van der Waals surface area contributed by atoms with Gasteiger partial charge in [0.2, 0.25) is 5.91 Å². The third kappa shape index (κ3) is 3.49. The molecule has 2 N–H and O–H groups in total. The van der Waals surface area contributed by atoms with Crippen LogP contribution in [0.5, 0.6) is 0 Å². The summed E-state index contributed by atoms with van der Waals surface area (Å²) in [7, 11) is 0. The van der Waals surface area contributed by atoms with Crippen LogP contribution < -0.4 is 5.73 Å². The zero-order valence-electron chi connectivity index (χ0n) is 11.6. The van der Waals surface area contributed by atoms with Crippen LogP contribution in [0.25, 0.3) is 0 Å². The van der Waals surface area contributed by atoms with Crippen LogP contribution in [-0.4, -0.2) is 46.3 Å². The van der Waals surface area contributed by atoms with Crippen molar-refractivity contribution < 1.29 is 14.3 Å². The maximum Gasteiger partial charge on any atom is 0.310 e. The summed E-state index contributed by atoms with van der Waals surface area (Å²) >= 11 is 0. The maximum absolute atomic E-state index is 12.2. The number of amides is 1. The number of carbonyl (C=O) groups excluding carboxylic acids is 2. The van der Waals surface area contributed by atoms with Crippen LogP contribution in [0.3, 0.4) is 0 Å². The Morgan fingerprint density at radius 1 is 1.55 bits per heavy atom. The lowest BCUT2D eigenvalue weighted by atomic mass is 9.98. The van der Waals surface area contributed by atoms with Crippen LogP contribution in [0.1, 0.15) is 19.8 Å². The van der Waals surface area contributed by atoms with Gasteiger partial charge in [0.05, 0.1) is 12.5 Å². The number of nitrogens with zero attached hydrogens (tertiary/aromatic N) is 3. The van der Waals surface area contributed by atoms with Crippen LogP contribution in [-0.2, 0) is 20.9 Å². The van der Waals surface area contributed by atoms with Crippen molar-refractivity contribution in [3.8, 4) is 0 Å². The molecular formula is C13H20N4O3. The van der Waals surface area contributed by atoms with Gasteiger partial charge in [-0.05, 0) is 25.8 Å². The number of hydrogen-bond acceptors (Lipinski definition) is 5. The number of rotatable bonds is 4. The van der Waals surface area contributed by atoms with E-state index in [0.29, 0.717) is 25.5 Å². The van der Waals surface area contributed by atoms with Gasteiger partial charge in [0.1, 0.15) is 12.4 Å². The molecule has 1 amide bonds. The highest BCUT2D eigenvalue weighted by Gasteiger charge is 2.29. The van der Waals surface area contributed by atoms with Crippen LogP contribution in [0.15, 0.2) is 12.3 Å². The monoisotopic (exact) mass is 280 g/mol. The number of nitrogens with two attached hydrogens (primary N) is 1. The average molecular weight is 280 g/mol. The lowest BCUT2D eigenvalue weighted by Crippen LogP contribution is -2.44. The molecule has 1 fully saturated rings. The van der Waals surface area contributed by atoms with Crippen molar-refractivity contribution in [2.45, 2.75) is 26.3 Å². The molecule has 1 saturated heterocycles. The first kappa shape index (κ1) is 14.4. The Labute approximate surface area is 117 Å². The predicted molar refractivity (Wildman–Crippen MR) is 72.6 cm³/mol. The highest BCUT2D eigenvalue weighted by Crippen LogP contribution is 2.18. The Hall–Kier alpha value is -2.05. The fraction of sp³-hybridized carbons (Fsp3) is 0.615. The number of ether oxygens (including phenoxy) is 1. The van der Waals surface area contributed by atoms with Crippen molar-refractivity contribution in [2.24, 2.45) is 5.92 Å². The van der Waals surface area contributed by atoms with E-state index >= 15 is 0 Å². The lowest BCUT2D eigenvalue weighted by molar-refractivity contribution is -0.151. The van der Waals surface area contributed by atoms with E-state index in [4.69, 9.17) is 10.5 Å². The quantitative estimate of drug-likeness (QED) is 0.799. The van der Waals surface area contributed by atoms with Crippen molar-refractivity contribution in [3.63, 3.8) is 0 Å². The fourth-order valence-corrected chi connectivity index (χ4v) is 2.36. The number of nitrogen functional groups attached to an aromatic ring is 1. The SMILES string of the molecule is CCOC(=O)C1CCCN(C(=O)Cn2ccc(N)n2)C1.